The molecule has 0 saturated carbocycles. The Kier molecular flexibility index (Phi) is 3.55. The van der Waals surface area contributed by atoms with Crippen LogP contribution in [-0.4, -0.2) is 36.0 Å². The standard InChI is InChI=1S/C15H21N5O/c1-19(2)11-6-4-5-10(9-11)12-7-8-13(21-3)14-17-15(16)18-20(12)14/h4-6,9,12-13H,7-8H2,1-3H3,(H2,16,18). The van der Waals surface area contributed by atoms with Crippen molar-refractivity contribution < 1.29 is 4.74 Å². The van der Waals surface area contributed by atoms with Gasteiger partial charge in [0.2, 0.25) is 5.95 Å². The summed E-state index contributed by atoms with van der Waals surface area (Å²) in [6.07, 6.45) is 1.86. The van der Waals surface area contributed by atoms with E-state index >= 15 is 0 Å². The molecule has 1 aromatic carbocycles. The monoisotopic (exact) mass is 287 g/mol. The molecule has 6 heteroatoms. The number of anilines is 2. The van der Waals surface area contributed by atoms with Crippen LogP contribution in [0.2, 0.25) is 0 Å². The summed E-state index contributed by atoms with van der Waals surface area (Å²) in [5, 5.41) is 4.37. The Balaban J connectivity index is 2.01. The first-order chi connectivity index (χ1) is 10.1. The Labute approximate surface area is 124 Å². The minimum Gasteiger partial charge on any atom is -0.378 e. The molecule has 6 nitrogen and oxygen atoms in total. The summed E-state index contributed by atoms with van der Waals surface area (Å²) < 4.78 is 7.41. The highest BCUT2D eigenvalue weighted by molar-refractivity contribution is 5.48. The van der Waals surface area contributed by atoms with E-state index in [2.05, 4.69) is 39.2 Å². The van der Waals surface area contributed by atoms with Crippen LogP contribution < -0.4 is 10.6 Å². The molecule has 0 spiro atoms. The van der Waals surface area contributed by atoms with E-state index in [9.17, 15) is 0 Å². The van der Waals surface area contributed by atoms with Gasteiger partial charge in [-0.15, -0.1) is 5.10 Å². The Hall–Kier alpha value is -2.08. The van der Waals surface area contributed by atoms with Gasteiger partial charge in [0.1, 0.15) is 6.10 Å². The maximum atomic E-state index is 5.79. The normalized spacial score (nSPS) is 21.1. The summed E-state index contributed by atoms with van der Waals surface area (Å²) >= 11 is 0. The number of benzene rings is 1. The average Bonchev–Trinajstić information content (AvgIpc) is 2.87. The predicted molar refractivity (Wildman–Crippen MR) is 82.3 cm³/mol. The van der Waals surface area contributed by atoms with Gasteiger partial charge in [0, 0.05) is 26.9 Å². The van der Waals surface area contributed by atoms with Gasteiger partial charge in [-0.3, -0.25) is 0 Å². The second kappa shape index (κ2) is 5.37. The lowest BCUT2D eigenvalue weighted by molar-refractivity contribution is 0.0649. The predicted octanol–water partition coefficient (Wildman–Crippen LogP) is 2.00. The molecule has 112 valence electrons. The summed E-state index contributed by atoms with van der Waals surface area (Å²) in [4.78, 5) is 6.43. The Morgan fingerprint density at radius 1 is 1.33 bits per heavy atom. The third-order valence-corrected chi connectivity index (χ3v) is 4.02. The largest absolute Gasteiger partial charge is 0.378 e. The van der Waals surface area contributed by atoms with Crippen LogP contribution in [0.1, 0.15) is 36.4 Å². The van der Waals surface area contributed by atoms with Gasteiger partial charge < -0.3 is 15.4 Å². The number of hydrogen-bond acceptors (Lipinski definition) is 5. The van der Waals surface area contributed by atoms with Crippen molar-refractivity contribution in [1.82, 2.24) is 14.8 Å². The molecule has 0 fully saturated rings. The van der Waals surface area contributed by atoms with Crippen molar-refractivity contribution in [2.45, 2.75) is 25.0 Å². The van der Waals surface area contributed by atoms with Gasteiger partial charge in [0.25, 0.3) is 0 Å². The van der Waals surface area contributed by atoms with Gasteiger partial charge >= 0.3 is 0 Å². The lowest BCUT2D eigenvalue weighted by Gasteiger charge is -2.29. The average molecular weight is 287 g/mol. The van der Waals surface area contributed by atoms with Crippen LogP contribution in [0, 0.1) is 0 Å². The van der Waals surface area contributed by atoms with Crippen LogP contribution in [0.25, 0.3) is 0 Å². The first kappa shape index (κ1) is 13.9. The number of aromatic nitrogens is 3. The molecular formula is C15H21N5O. The van der Waals surface area contributed by atoms with Crippen LogP contribution in [0.4, 0.5) is 11.6 Å². The quantitative estimate of drug-likeness (QED) is 0.935. The van der Waals surface area contributed by atoms with Crippen LogP contribution in [0.5, 0.6) is 0 Å². The van der Waals surface area contributed by atoms with Crippen LogP contribution in [0.15, 0.2) is 24.3 Å². The molecule has 0 saturated heterocycles. The maximum Gasteiger partial charge on any atom is 0.239 e. The highest BCUT2D eigenvalue weighted by atomic mass is 16.5. The number of nitrogens with zero attached hydrogens (tertiary/aromatic N) is 4. The maximum absolute atomic E-state index is 5.79. The van der Waals surface area contributed by atoms with E-state index in [0.29, 0.717) is 5.95 Å². The molecule has 1 aliphatic rings. The molecule has 2 atom stereocenters. The van der Waals surface area contributed by atoms with E-state index in [1.165, 1.54) is 11.3 Å². The van der Waals surface area contributed by atoms with Crippen molar-refractivity contribution in [2.24, 2.45) is 0 Å². The Bertz CT molecular complexity index is 637. The molecule has 21 heavy (non-hydrogen) atoms. The van der Waals surface area contributed by atoms with Gasteiger partial charge in [-0.25, -0.2) is 4.68 Å². The van der Waals surface area contributed by atoms with Crippen molar-refractivity contribution in [2.75, 3.05) is 31.8 Å². The zero-order valence-corrected chi connectivity index (χ0v) is 12.7. The summed E-state index contributed by atoms with van der Waals surface area (Å²) in [5.74, 6) is 1.13. The molecule has 1 aromatic heterocycles. The summed E-state index contributed by atoms with van der Waals surface area (Å²) in [6, 6.07) is 8.66. The fourth-order valence-corrected chi connectivity index (χ4v) is 2.90. The third-order valence-electron chi connectivity index (χ3n) is 4.02. The highest BCUT2D eigenvalue weighted by Crippen LogP contribution is 2.37. The molecule has 1 aliphatic heterocycles. The zero-order valence-electron chi connectivity index (χ0n) is 12.7. The smallest absolute Gasteiger partial charge is 0.239 e. The number of nitrogen functional groups attached to an aromatic ring is 1. The molecule has 2 N–H and O–H groups in total. The summed E-state index contributed by atoms with van der Waals surface area (Å²) in [6.45, 7) is 0. The van der Waals surface area contributed by atoms with Gasteiger partial charge in [-0.05, 0) is 30.5 Å². The SMILES string of the molecule is COC1CCC(c2cccc(N(C)C)c2)n2nc(N)nc21. The van der Waals surface area contributed by atoms with E-state index in [-0.39, 0.29) is 12.1 Å². The van der Waals surface area contributed by atoms with E-state index in [1.54, 1.807) is 7.11 Å². The Morgan fingerprint density at radius 2 is 2.14 bits per heavy atom. The second-order valence-corrected chi connectivity index (χ2v) is 5.58. The number of methoxy groups -OCH3 is 1. The minimum absolute atomic E-state index is 0.0249. The molecule has 3 rings (SSSR count). The van der Waals surface area contributed by atoms with E-state index in [0.717, 1.165) is 18.7 Å². The number of nitrogens with two attached hydrogens (primary N) is 1. The number of rotatable bonds is 3. The van der Waals surface area contributed by atoms with Crippen molar-refractivity contribution in [3.8, 4) is 0 Å². The van der Waals surface area contributed by atoms with Gasteiger partial charge in [0.05, 0.1) is 6.04 Å². The van der Waals surface area contributed by atoms with Crippen LogP contribution in [-0.2, 0) is 4.74 Å². The van der Waals surface area contributed by atoms with Gasteiger partial charge in [0.15, 0.2) is 5.82 Å². The summed E-state index contributed by atoms with van der Waals surface area (Å²) in [5.41, 5.74) is 8.19. The van der Waals surface area contributed by atoms with E-state index in [4.69, 9.17) is 10.5 Å². The zero-order chi connectivity index (χ0) is 15.0. The molecule has 0 bridgehead atoms. The van der Waals surface area contributed by atoms with E-state index in [1.807, 2.05) is 18.8 Å². The van der Waals surface area contributed by atoms with Gasteiger partial charge in [-0.2, -0.15) is 4.98 Å². The molecule has 0 amide bonds. The molecule has 0 aliphatic carbocycles. The molecule has 2 heterocycles. The number of fused-ring (bicyclic) bond motifs is 1. The molecule has 2 unspecified atom stereocenters. The second-order valence-electron chi connectivity index (χ2n) is 5.58. The lowest BCUT2D eigenvalue weighted by Crippen LogP contribution is -2.24. The highest BCUT2D eigenvalue weighted by Gasteiger charge is 2.31. The fraction of sp³-hybridized carbons (Fsp3) is 0.467. The number of hydrogen-bond donors (Lipinski definition) is 1. The molecular weight excluding hydrogens is 266 g/mol. The Morgan fingerprint density at radius 3 is 2.86 bits per heavy atom. The van der Waals surface area contributed by atoms with Crippen molar-refractivity contribution in [3.63, 3.8) is 0 Å². The van der Waals surface area contributed by atoms with Crippen molar-refractivity contribution in [1.29, 1.82) is 0 Å². The first-order valence-corrected chi connectivity index (χ1v) is 7.12. The summed E-state index contributed by atoms with van der Waals surface area (Å²) in [7, 11) is 5.78. The van der Waals surface area contributed by atoms with Crippen LogP contribution in [0.3, 0.4) is 0 Å². The third kappa shape index (κ3) is 2.47. The fourth-order valence-electron chi connectivity index (χ4n) is 2.90. The number of ether oxygens (including phenoxy) is 1. The minimum atomic E-state index is -0.0249. The molecule has 2 aromatic rings. The van der Waals surface area contributed by atoms with E-state index < -0.39 is 0 Å². The topological polar surface area (TPSA) is 69.2 Å². The van der Waals surface area contributed by atoms with Crippen molar-refractivity contribution >= 4 is 11.6 Å². The van der Waals surface area contributed by atoms with Gasteiger partial charge in [-0.1, -0.05) is 12.1 Å². The molecule has 0 radical (unpaired) electrons. The first-order valence-electron chi connectivity index (χ1n) is 7.12. The van der Waals surface area contributed by atoms with Crippen LogP contribution >= 0.6 is 0 Å². The lowest BCUT2D eigenvalue weighted by atomic mass is 9.96. The van der Waals surface area contributed by atoms with Crippen molar-refractivity contribution in [3.05, 3.63) is 35.7 Å².